The van der Waals surface area contributed by atoms with Crippen LogP contribution in [0.5, 0.6) is 0 Å². The molecule has 1 aromatic heterocycles. The summed E-state index contributed by atoms with van der Waals surface area (Å²) < 4.78 is 0. The maximum atomic E-state index is 4.73. The second-order valence-corrected chi connectivity index (χ2v) is 5.75. The molecule has 0 aliphatic carbocycles. The van der Waals surface area contributed by atoms with Crippen LogP contribution in [-0.4, -0.2) is 34.8 Å². The van der Waals surface area contributed by atoms with Crippen LogP contribution in [-0.2, 0) is 13.0 Å². The third kappa shape index (κ3) is 2.44. The van der Waals surface area contributed by atoms with E-state index in [0.29, 0.717) is 0 Å². The van der Waals surface area contributed by atoms with Gasteiger partial charge in [-0.15, -0.1) is 5.10 Å². The smallest absolute Gasteiger partial charge is 0.247 e. The molecule has 0 atom stereocenters. The Hall–Kier alpha value is -2.17. The van der Waals surface area contributed by atoms with Gasteiger partial charge in [0.2, 0.25) is 5.95 Å². The number of anilines is 2. The Morgan fingerprint density at radius 2 is 1.71 bits per heavy atom. The largest absolute Gasteiger partial charge is 0.355 e. The molecular formula is C16H19N5. The number of fused-ring (bicyclic) bond motifs is 1. The molecule has 2 aromatic rings. The van der Waals surface area contributed by atoms with Crippen LogP contribution in [0.1, 0.15) is 24.0 Å². The van der Waals surface area contributed by atoms with Gasteiger partial charge in [0, 0.05) is 26.2 Å². The van der Waals surface area contributed by atoms with E-state index in [9.17, 15) is 0 Å². The minimum absolute atomic E-state index is 0.758. The Bertz CT molecular complexity index is 636. The number of nitrogens with zero attached hydrogens (tertiary/aromatic N) is 5. The first-order chi connectivity index (χ1) is 10.4. The van der Waals surface area contributed by atoms with Crippen LogP contribution in [0, 0.1) is 0 Å². The lowest BCUT2D eigenvalue weighted by molar-refractivity contribution is 0.694. The van der Waals surface area contributed by atoms with Crippen molar-refractivity contribution in [3.05, 3.63) is 41.6 Å². The van der Waals surface area contributed by atoms with E-state index in [2.05, 4.69) is 44.3 Å². The molecule has 0 spiro atoms. The van der Waals surface area contributed by atoms with Crippen LogP contribution in [0.15, 0.2) is 30.5 Å². The third-order valence-electron chi connectivity index (χ3n) is 4.38. The number of hydrogen-bond acceptors (Lipinski definition) is 5. The summed E-state index contributed by atoms with van der Waals surface area (Å²) in [5.41, 5.74) is 2.82. The van der Waals surface area contributed by atoms with Gasteiger partial charge in [-0.2, -0.15) is 10.1 Å². The zero-order valence-corrected chi connectivity index (χ0v) is 12.1. The van der Waals surface area contributed by atoms with Crippen molar-refractivity contribution in [2.75, 3.05) is 29.4 Å². The molecular weight excluding hydrogens is 262 g/mol. The summed E-state index contributed by atoms with van der Waals surface area (Å²) in [4.78, 5) is 9.26. The summed E-state index contributed by atoms with van der Waals surface area (Å²) in [5, 5.41) is 8.41. The molecule has 5 heteroatoms. The summed E-state index contributed by atoms with van der Waals surface area (Å²) in [5.74, 6) is 1.73. The van der Waals surface area contributed by atoms with Gasteiger partial charge in [0.05, 0.1) is 6.20 Å². The van der Waals surface area contributed by atoms with Crippen LogP contribution in [0.3, 0.4) is 0 Å². The summed E-state index contributed by atoms with van der Waals surface area (Å²) >= 11 is 0. The molecule has 2 aliphatic heterocycles. The first-order valence-electron chi connectivity index (χ1n) is 7.66. The van der Waals surface area contributed by atoms with Gasteiger partial charge in [-0.3, -0.25) is 0 Å². The molecule has 2 aliphatic rings. The Balaban J connectivity index is 1.58. The van der Waals surface area contributed by atoms with Gasteiger partial charge >= 0.3 is 0 Å². The third-order valence-corrected chi connectivity index (χ3v) is 4.38. The van der Waals surface area contributed by atoms with Gasteiger partial charge in [-0.25, -0.2) is 0 Å². The Labute approximate surface area is 124 Å². The molecule has 21 heavy (non-hydrogen) atoms. The summed E-state index contributed by atoms with van der Waals surface area (Å²) in [6, 6.07) is 8.62. The van der Waals surface area contributed by atoms with Crippen molar-refractivity contribution >= 4 is 11.8 Å². The van der Waals surface area contributed by atoms with Gasteiger partial charge in [-0.1, -0.05) is 24.3 Å². The maximum absolute atomic E-state index is 4.73. The zero-order chi connectivity index (χ0) is 14.1. The number of rotatable bonds is 2. The molecule has 0 N–H and O–H groups in total. The lowest BCUT2D eigenvalue weighted by atomic mass is 10.0. The molecule has 5 nitrogen and oxygen atoms in total. The normalized spacial score (nSPS) is 17.9. The van der Waals surface area contributed by atoms with Gasteiger partial charge in [-0.05, 0) is 30.4 Å². The van der Waals surface area contributed by atoms with Crippen LogP contribution in [0.25, 0.3) is 0 Å². The standard InChI is InChI=1S/C16H19N5/c1-2-6-14-12-21(10-7-13(14)5-1)16-18-15(11-17-19-16)20-8-3-4-9-20/h1-2,5-6,11H,3-4,7-10,12H2. The minimum Gasteiger partial charge on any atom is -0.355 e. The second-order valence-electron chi connectivity index (χ2n) is 5.75. The fraction of sp³-hybridized carbons (Fsp3) is 0.438. The van der Waals surface area contributed by atoms with E-state index in [4.69, 9.17) is 4.98 Å². The van der Waals surface area contributed by atoms with Crippen LogP contribution >= 0.6 is 0 Å². The van der Waals surface area contributed by atoms with Crippen LogP contribution in [0.4, 0.5) is 11.8 Å². The first-order valence-corrected chi connectivity index (χ1v) is 7.66. The van der Waals surface area contributed by atoms with Gasteiger partial charge in [0.25, 0.3) is 0 Å². The second kappa shape index (κ2) is 5.31. The SMILES string of the molecule is c1ccc2c(c1)CCN(c1nncc(N3CCCC3)n1)C2. The minimum atomic E-state index is 0.758. The highest BCUT2D eigenvalue weighted by Crippen LogP contribution is 2.23. The van der Waals surface area contributed by atoms with Crippen molar-refractivity contribution < 1.29 is 0 Å². The maximum Gasteiger partial charge on any atom is 0.247 e. The van der Waals surface area contributed by atoms with Crippen molar-refractivity contribution in [3.8, 4) is 0 Å². The van der Waals surface area contributed by atoms with Crippen molar-refractivity contribution in [3.63, 3.8) is 0 Å². The predicted octanol–water partition coefficient (Wildman–Crippen LogP) is 2.03. The van der Waals surface area contributed by atoms with Crippen molar-refractivity contribution in [2.24, 2.45) is 0 Å². The van der Waals surface area contributed by atoms with Gasteiger partial charge < -0.3 is 9.80 Å². The molecule has 0 radical (unpaired) electrons. The summed E-state index contributed by atoms with van der Waals surface area (Å²) in [6.07, 6.45) is 5.33. The van der Waals surface area contributed by atoms with E-state index in [1.807, 2.05) is 0 Å². The van der Waals surface area contributed by atoms with Crippen molar-refractivity contribution in [1.82, 2.24) is 15.2 Å². The average Bonchev–Trinajstić information content (AvgIpc) is 3.09. The quantitative estimate of drug-likeness (QED) is 0.843. The fourth-order valence-electron chi connectivity index (χ4n) is 3.18. The molecule has 0 bridgehead atoms. The Morgan fingerprint density at radius 1 is 0.905 bits per heavy atom. The molecule has 0 amide bonds. The van der Waals surface area contributed by atoms with Crippen molar-refractivity contribution in [2.45, 2.75) is 25.8 Å². The van der Waals surface area contributed by atoms with E-state index in [-0.39, 0.29) is 0 Å². The van der Waals surface area contributed by atoms with Crippen LogP contribution < -0.4 is 9.80 Å². The number of hydrogen-bond donors (Lipinski definition) is 0. The Kier molecular flexibility index (Phi) is 3.18. The number of aromatic nitrogens is 3. The topological polar surface area (TPSA) is 45.2 Å². The van der Waals surface area contributed by atoms with Gasteiger partial charge in [0.1, 0.15) is 0 Å². The van der Waals surface area contributed by atoms with Crippen LogP contribution in [0.2, 0.25) is 0 Å². The summed E-state index contributed by atoms with van der Waals surface area (Å²) in [6.45, 7) is 4.01. The molecule has 3 heterocycles. The van der Waals surface area contributed by atoms with E-state index < -0.39 is 0 Å². The fourth-order valence-corrected chi connectivity index (χ4v) is 3.18. The van der Waals surface area contributed by atoms with E-state index in [1.54, 1.807) is 6.20 Å². The average molecular weight is 281 g/mol. The number of benzene rings is 1. The molecule has 108 valence electrons. The molecule has 0 unspecified atom stereocenters. The first kappa shape index (κ1) is 12.6. The Morgan fingerprint density at radius 3 is 2.57 bits per heavy atom. The van der Waals surface area contributed by atoms with E-state index in [0.717, 1.165) is 44.4 Å². The monoisotopic (exact) mass is 281 g/mol. The lowest BCUT2D eigenvalue weighted by Gasteiger charge is -2.29. The van der Waals surface area contributed by atoms with E-state index >= 15 is 0 Å². The molecule has 4 rings (SSSR count). The molecule has 1 fully saturated rings. The molecule has 0 saturated carbocycles. The molecule has 1 saturated heterocycles. The van der Waals surface area contributed by atoms with Crippen molar-refractivity contribution in [1.29, 1.82) is 0 Å². The van der Waals surface area contributed by atoms with E-state index in [1.165, 1.54) is 24.0 Å². The lowest BCUT2D eigenvalue weighted by Crippen LogP contribution is -2.32. The van der Waals surface area contributed by atoms with Gasteiger partial charge in [0.15, 0.2) is 5.82 Å². The zero-order valence-electron chi connectivity index (χ0n) is 12.1. The highest BCUT2D eigenvalue weighted by molar-refractivity contribution is 5.44. The predicted molar refractivity (Wildman–Crippen MR) is 82.5 cm³/mol. The highest BCUT2D eigenvalue weighted by Gasteiger charge is 2.20. The summed E-state index contributed by atoms with van der Waals surface area (Å²) in [7, 11) is 0. The molecule has 1 aromatic carbocycles. The highest BCUT2D eigenvalue weighted by atomic mass is 15.4.